The Morgan fingerprint density at radius 3 is 2.50 bits per heavy atom. The highest BCUT2D eigenvalue weighted by atomic mass is 32.1. The molecule has 0 saturated carbocycles. The fourth-order valence-corrected chi connectivity index (χ4v) is 4.28. The maximum Gasteiger partial charge on any atom is 0.265 e. The van der Waals surface area contributed by atoms with E-state index >= 15 is 0 Å². The van der Waals surface area contributed by atoms with E-state index in [1.807, 2.05) is 12.3 Å². The molecular formula is C22H16FN3O2S2. The van der Waals surface area contributed by atoms with E-state index in [9.17, 15) is 14.0 Å². The van der Waals surface area contributed by atoms with E-state index in [-0.39, 0.29) is 17.6 Å². The van der Waals surface area contributed by atoms with Gasteiger partial charge in [0.1, 0.15) is 5.82 Å². The molecule has 2 heterocycles. The van der Waals surface area contributed by atoms with Gasteiger partial charge < -0.3 is 5.32 Å². The number of anilines is 2. The Kier molecular flexibility index (Phi) is 5.69. The van der Waals surface area contributed by atoms with E-state index in [2.05, 4.69) is 15.6 Å². The van der Waals surface area contributed by atoms with Gasteiger partial charge in [0.15, 0.2) is 5.13 Å². The van der Waals surface area contributed by atoms with Crippen LogP contribution < -0.4 is 10.6 Å². The molecule has 2 aromatic heterocycles. The zero-order chi connectivity index (χ0) is 21.1. The molecule has 0 bridgehead atoms. The van der Waals surface area contributed by atoms with Crippen LogP contribution >= 0.6 is 22.7 Å². The van der Waals surface area contributed by atoms with E-state index in [1.165, 1.54) is 34.8 Å². The van der Waals surface area contributed by atoms with Gasteiger partial charge in [-0.3, -0.25) is 14.9 Å². The average molecular weight is 438 g/mol. The quantitative estimate of drug-likeness (QED) is 0.413. The number of hydrogen-bond acceptors (Lipinski definition) is 5. The molecule has 0 aliphatic heterocycles. The molecule has 2 amide bonds. The lowest BCUT2D eigenvalue weighted by Gasteiger charge is -2.06. The first-order valence-electron chi connectivity index (χ1n) is 8.99. The van der Waals surface area contributed by atoms with E-state index in [0.717, 1.165) is 10.4 Å². The minimum atomic E-state index is -0.332. The fourth-order valence-electron chi connectivity index (χ4n) is 2.83. The first kappa shape index (κ1) is 19.9. The smallest absolute Gasteiger partial charge is 0.265 e. The number of carbonyl (C=O) groups excluding carboxylic acids is 2. The van der Waals surface area contributed by atoms with Crippen LogP contribution in [0.1, 0.15) is 24.9 Å². The van der Waals surface area contributed by atoms with Crippen LogP contribution in [0.15, 0.2) is 66.0 Å². The van der Waals surface area contributed by atoms with E-state index in [4.69, 9.17) is 0 Å². The van der Waals surface area contributed by atoms with Gasteiger partial charge in [-0.15, -0.1) is 22.7 Å². The zero-order valence-electron chi connectivity index (χ0n) is 15.8. The van der Waals surface area contributed by atoms with Gasteiger partial charge in [-0.25, -0.2) is 9.37 Å². The molecule has 0 aliphatic rings. The highest BCUT2D eigenvalue weighted by molar-refractivity contribution is 7.16. The summed E-state index contributed by atoms with van der Waals surface area (Å²) in [6, 6.07) is 16.3. The number of hydrogen-bond donors (Lipinski definition) is 2. The second-order valence-electron chi connectivity index (χ2n) is 6.40. The molecule has 150 valence electrons. The van der Waals surface area contributed by atoms with Gasteiger partial charge in [0.2, 0.25) is 0 Å². The van der Waals surface area contributed by atoms with Crippen molar-refractivity contribution < 1.29 is 14.0 Å². The van der Waals surface area contributed by atoms with Crippen LogP contribution in [0, 0.1) is 12.7 Å². The van der Waals surface area contributed by atoms with Crippen molar-refractivity contribution in [3.63, 3.8) is 0 Å². The standard InChI is InChI=1S/C22H16FN3O2S2/c1-13-19(14-7-9-16(23)10-8-14)25-22(30-13)26-20(27)15-4-2-5-17(12-15)24-21(28)18-6-3-11-29-18/h2-12H,1H3,(H,24,28)(H,25,26,27). The van der Waals surface area contributed by atoms with Crippen molar-refractivity contribution in [2.45, 2.75) is 6.92 Å². The maximum absolute atomic E-state index is 13.2. The molecule has 2 N–H and O–H groups in total. The van der Waals surface area contributed by atoms with Crippen LogP contribution in [0.4, 0.5) is 15.2 Å². The van der Waals surface area contributed by atoms with Gasteiger partial charge in [-0.05, 0) is 60.8 Å². The summed E-state index contributed by atoms with van der Waals surface area (Å²) in [5.41, 5.74) is 2.41. The normalized spacial score (nSPS) is 10.6. The molecule has 4 aromatic rings. The van der Waals surface area contributed by atoms with Crippen LogP contribution in [-0.4, -0.2) is 16.8 Å². The number of amides is 2. The number of nitrogens with zero attached hydrogens (tertiary/aromatic N) is 1. The van der Waals surface area contributed by atoms with Crippen molar-refractivity contribution in [3.05, 3.63) is 87.2 Å². The van der Waals surface area contributed by atoms with Gasteiger partial charge in [-0.2, -0.15) is 0 Å². The molecule has 4 rings (SSSR count). The van der Waals surface area contributed by atoms with Crippen LogP contribution in [0.5, 0.6) is 0 Å². The fraction of sp³-hybridized carbons (Fsp3) is 0.0455. The summed E-state index contributed by atoms with van der Waals surface area (Å²) < 4.78 is 13.2. The predicted molar refractivity (Wildman–Crippen MR) is 119 cm³/mol. The van der Waals surface area contributed by atoms with Crippen LogP contribution in [0.2, 0.25) is 0 Å². The molecule has 0 unspecified atom stereocenters. The second-order valence-corrected chi connectivity index (χ2v) is 8.55. The van der Waals surface area contributed by atoms with E-state index in [0.29, 0.717) is 27.0 Å². The Hall–Kier alpha value is -3.36. The number of thiophene rings is 1. The number of benzene rings is 2. The molecule has 0 fully saturated rings. The molecular weight excluding hydrogens is 421 g/mol. The molecule has 0 saturated heterocycles. The maximum atomic E-state index is 13.2. The average Bonchev–Trinajstić information content (AvgIpc) is 3.39. The number of nitrogens with one attached hydrogen (secondary N) is 2. The summed E-state index contributed by atoms with van der Waals surface area (Å²) in [6.45, 7) is 1.90. The van der Waals surface area contributed by atoms with Crippen LogP contribution in [0.25, 0.3) is 11.3 Å². The Morgan fingerprint density at radius 1 is 0.967 bits per heavy atom. The van der Waals surface area contributed by atoms with E-state index in [1.54, 1.807) is 48.5 Å². The Morgan fingerprint density at radius 2 is 1.77 bits per heavy atom. The third kappa shape index (κ3) is 4.45. The summed E-state index contributed by atoms with van der Waals surface area (Å²) in [4.78, 5) is 30.9. The van der Waals surface area contributed by atoms with Crippen molar-refractivity contribution in [3.8, 4) is 11.3 Å². The Balaban J connectivity index is 1.48. The molecule has 8 heteroatoms. The lowest BCUT2D eigenvalue weighted by atomic mass is 10.1. The SMILES string of the molecule is Cc1sc(NC(=O)c2cccc(NC(=O)c3cccs3)c2)nc1-c1ccc(F)cc1. The molecule has 2 aromatic carbocycles. The van der Waals surface area contributed by atoms with Gasteiger partial charge in [0, 0.05) is 21.7 Å². The molecule has 5 nitrogen and oxygen atoms in total. The summed E-state index contributed by atoms with van der Waals surface area (Å²) in [7, 11) is 0. The second kappa shape index (κ2) is 8.56. The monoisotopic (exact) mass is 437 g/mol. The number of aryl methyl sites for hydroxylation is 1. The number of halogens is 1. The van der Waals surface area contributed by atoms with Gasteiger partial charge >= 0.3 is 0 Å². The first-order chi connectivity index (χ1) is 14.5. The predicted octanol–water partition coefficient (Wildman–Crippen LogP) is 5.82. The number of thiazole rings is 1. The van der Waals surface area contributed by atoms with Crippen LogP contribution in [0.3, 0.4) is 0 Å². The van der Waals surface area contributed by atoms with Crippen LogP contribution in [-0.2, 0) is 0 Å². The molecule has 0 atom stereocenters. The molecule has 0 radical (unpaired) electrons. The van der Waals surface area contributed by atoms with Crippen molar-refractivity contribution in [2.24, 2.45) is 0 Å². The third-order valence-electron chi connectivity index (χ3n) is 4.26. The van der Waals surface area contributed by atoms with Gasteiger partial charge in [-0.1, -0.05) is 12.1 Å². The largest absolute Gasteiger partial charge is 0.321 e. The first-order valence-corrected chi connectivity index (χ1v) is 10.7. The topological polar surface area (TPSA) is 71.1 Å². The third-order valence-corrected chi connectivity index (χ3v) is 6.02. The molecule has 0 spiro atoms. The number of carbonyl (C=O) groups is 2. The minimum absolute atomic E-state index is 0.220. The number of aromatic nitrogens is 1. The van der Waals surface area contributed by atoms with E-state index < -0.39 is 0 Å². The molecule has 30 heavy (non-hydrogen) atoms. The summed E-state index contributed by atoms with van der Waals surface area (Å²) in [5, 5.41) is 7.86. The van der Waals surface area contributed by atoms with Crippen molar-refractivity contribution in [2.75, 3.05) is 10.6 Å². The Bertz CT molecular complexity index is 1200. The minimum Gasteiger partial charge on any atom is -0.321 e. The van der Waals surface area contributed by atoms with Crippen molar-refractivity contribution in [1.82, 2.24) is 4.98 Å². The summed E-state index contributed by atoms with van der Waals surface area (Å²) >= 11 is 2.69. The van der Waals surface area contributed by atoms with Gasteiger partial charge in [0.05, 0.1) is 10.6 Å². The number of rotatable bonds is 5. The van der Waals surface area contributed by atoms with Crippen molar-refractivity contribution >= 4 is 45.3 Å². The van der Waals surface area contributed by atoms with Gasteiger partial charge in [0.25, 0.3) is 11.8 Å². The Labute approximate surface area is 180 Å². The lowest BCUT2D eigenvalue weighted by molar-refractivity contribution is 0.101. The highest BCUT2D eigenvalue weighted by Gasteiger charge is 2.14. The zero-order valence-corrected chi connectivity index (χ0v) is 17.4. The summed E-state index contributed by atoms with van der Waals surface area (Å²) in [5.74, 6) is -0.866. The summed E-state index contributed by atoms with van der Waals surface area (Å²) in [6.07, 6.45) is 0. The molecule has 0 aliphatic carbocycles. The highest BCUT2D eigenvalue weighted by Crippen LogP contribution is 2.30. The van der Waals surface area contributed by atoms with Crippen molar-refractivity contribution in [1.29, 1.82) is 0 Å². The lowest BCUT2D eigenvalue weighted by Crippen LogP contribution is -2.14.